The number of aromatic nitrogens is 2. The predicted octanol–water partition coefficient (Wildman–Crippen LogP) is 2.60. The third-order valence-corrected chi connectivity index (χ3v) is 3.35. The zero-order valence-corrected chi connectivity index (χ0v) is 11.9. The number of benzene rings is 1. The number of nitrogen functional groups attached to an aromatic ring is 1. The summed E-state index contributed by atoms with van der Waals surface area (Å²) < 4.78 is 1.80. The zero-order chi connectivity index (χ0) is 13.8. The average molecular weight is 258 g/mol. The summed E-state index contributed by atoms with van der Waals surface area (Å²) in [5, 5.41) is 4.60. The van der Waals surface area contributed by atoms with Gasteiger partial charge in [0.05, 0.1) is 11.4 Å². The lowest BCUT2D eigenvalue weighted by molar-refractivity contribution is 0.291. The summed E-state index contributed by atoms with van der Waals surface area (Å²) in [6.45, 7) is 9.27. The first kappa shape index (κ1) is 13.6. The number of nitrogens with two attached hydrogens (primary N) is 1. The highest BCUT2D eigenvalue weighted by Gasteiger charge is 2.09. The number of hydrogen-bond acceptors (Lipinski definition) is 3. The van der Waals surface area contributed by atoms with E-state index in [4.69, 9.17) is 5.73 Å². The molecular weight excluding hydrogens is 236 g/mol. The lowest BCUT2D eigenvalue weighted by Crippen LogP contribution is -2.22. The van der Waals surface area contributed by atoms with E-state index in [1.54, 1.807) is 4.68 Å². The Morgan fingerprint density at radius 3 is 2.37 bits per heavy atom. The molecule has 0 saturated heterocycles. The van der Waals surface area contributed by atoms with E-state index in [-0.39, 0.29) is 0 Å². The first-order valence-corrected chi connectivity index (χ1v) is 6.77. The number of rotatable bonds is 5. The largest absolute Gasteiger partial charge is 0.384 e. The fourth-order valence-electron chi connectivity index (χ4n) is 2.09. The summed E-state index contributed by atoms with van der Waals surface area (Å²) in [6, 6.07) is 10.2. The van der Waals surface area contributed by atoms with E-state index in [1.165, 1.54) is 5.56 Å². The number of nitrogens with zero attached hydrogens (tertiary/aromatic N) is 3. The Morgan fingerprint density at radius 2 is 1.79 bits per heavy atom. The van der Waals surface area contributed by atoms with Crippen molar-refractivity contribution in [3.8, 4) is 5.69 Å². The van der Waals surface area contributed by atoms with E-state index in [2.05, 4.69) is 42.9 Å². The van der Waals surface area contributed by atoms with Crippen LogP contribution in [-0.2, 0) is 6.54 Å². The normalized spacial score (nSPS) is 11.2. The van der Waals surface area contributed by atoms with Crippen molar-refractivity contribution in [3.05, 3.63) is 41.6 Å². The van der Waals surface area contributed by atoms with E-state index >= 15 is 0 Å². The average Bonchev–Trinajstić information content (AvgIpc) is 2.78. The number of hydrogen-bond donors (Lipinski definition) is 1. The van der Waals surface area contributed by atoms with Gasteiger partial charge in [0, 0.05) is 12.6 Å². The van der Waals surface area contributed by atoms with Crippen LogP contribution in [0.3, 0.4) is 0 Å². The van der Waals surface area contributed by atoms with Gasteiger partial charge in [-0.25, -0.2) is 4.68 Å². The van der Waals surface area contributed by atoms with Gasteiger partial charge in [0.2, 0.25) is 0 Å². The molecule has 0 bridgehead atoms. The standard InChI is InChI=1S/C15H22N4/c1-4-18(5-2)11-13-10-15(16)19(17-13)14-8-6-12(3)7-9-14/h6-10H,4-5,11,16H2,1-3H3. The van der Waals surface area contributed by atoms with Gasteiger partial charge in [0.15, 0.2) is 0 Å². The summed E-state index contributed by atoms with van der Waals surface area (Å²) in [5.74, 6) is 0.686. The molecule has 4 nitrogen and oxygen atoms in total. The first-order valence-electron chi connectivity index (χ1n) is 6.77. The lowest BCUT2D eigenvalue weighted by Gasteiger charge is -2.15. The molecule has 0 unspecified atom stereocenters. The van der Waals surface area contributed by atoms with Gasteiger partial charge in [-0.2, -0.15) is 5.10 Å². The Hall–Kier alpha value is -1.81. The first-order chi connectivity index (χ1) is 9.13. The summed E-state index contributed by atoms with van der Waals surface area (Å²) in [4.78, 5) is 2.32. The third-order valence-electron chi connectivity index (χ3n) is 3.35. The molecule has 2 N–H and O–H groups in total. The zero-order valence-electron chi connectivity index (χ0n) is 11.9. The predicted molar refractivity (Wildman–Crippen MR) is 79.3 cm³/mol. The van der Waals surface area contributed by atoms with E-state index in [0.29, 0.717) is 5.82 Å². The van der Waals surface area contributed by atoms with Crippen LogP contribution in [0.1, 0.15) is 25.1 Å². The third kappa shape index (κ3) is 3.15. The van der Waals surface area contributed by atoms with E-state index < -0.39 is 0 Å². The van der Waals surface area contributed by atoms with E-state index in [0.717, 1.165) is 31.0 Å². The van der Waals surface area contributed by atoms with Crippen LogP contribution in [0.5, 0.6) is 0 Å². The molecule has 0 fully saturated rings. The van der Waals surface area contributed by atoms with Gasteiger partial charge < -0.3 is 5.73 Å². The molecule has 1 heterocycles. The summed E-state index contributed by atoms with van der Waals surface area (Å²) in [6.07, 6.45) is 0. The SMILES string of the molecule is CCN(CC)Cc1cc(N)n(-c2ccc(C)cc2)n1. The van der Waals surface area contributed by atoms with Gasteiger partial charge >= 0.3 is 0 Å². The highest BCUT2D eigenvalue weighted by atomic mass is 15.3. The maximum Gasteiger partial charge on any atom is 0.127 e. The van der Waals surface area contributed by atoms with Crippen molar-refractivity contribution >= 4 is 5.82 Å². The minimum Gasteiger partial charge on any atom is -0.384 e. The molecule has 2 rings (SSSR count). The quantitative estimate of drug-likeness (QED) is 0.896. The van der Waals surface area contributed by atoms with Crippen LogP contribution < -0.4 is 5.73 Å². The Balaban J connectivity index is 2.23. The van der Waals surface area contributed by atoms with Crippen molar-refractivity contribution in [2.45, 2.75) is 27.3 Å². The van der Waals surface area contributed by atoms with Crippen molar-refractivity contribution < 1.29 is 0 Å². The van der Waals surface area contributed by atoms with Crippen molar-refractivity contribution in [2.24, 2.45) is 0 Å². The van der Waals surface area contributed by atoms with Gasteiger partial charge in [0.25, 0.3) is 0 Å². The van der Waals surface area contributed by atoms with Crippen LogP contribution in [0.2, 0.25) is 0 Å². The Kier molecular flexibility index (Phi) is 4.22. The fourth-order valence-corrected chi connectivity index (χ4v) is 2.09. The molecule has 4 heteroatoms. The van der Waals surface area contributed by atoms with Gasteiger partial charge in [-0.3, -0.25) is 4.90 Å². The van der Waals surface area contributed by atoms with E-state index in [1.807, 2.05) is 18.2 Å². The molecule has 0 aliphatic heterocycles. The molecule has 0 aliphatic rings. The summed E-state index contributed by atoms with van der Waals surface area (Å²) in [7, 11) is 0. The molecule has 1 aromatic heterocycles. The van der Waals surface area contributed by atoms with E-state index in [9.17, 15) is 0 Å². The van der Waals surface area contributed by atoms with Crippen LogP contribution in [0, 0.1) is 6.92 Å². The molecule has 0 amide bonds. The van der Waals surface area contributed by atoms with Crippen LogP contribution in [0.4, 0.5) is 5.82 Å². The topological polar surface area (TPSA) is 47.1 Å². The van der Waals surface area contributed by atoms with Gasteiger partial charge in [-0.15, -0.1) is 0 Å². The van der Waals surface area contributed by atoms with Crippen LogP contribution in [-0.4, -0.2) is 27.8 Å². The van der Waals surface area contributed by atoms with Crippen LogP contribution >= 0.6 is 0 Å². The molecule has 0 radical (unpaired) electrons. The van der Waals surface area contributed by atoms with Gasteiger partial charge in [0.1, 0.15) is 5.82 Å². The molecule has 2 aromatic rings. The van der Waals surface area contributed by atoms with Gasteiger partial charge in [-0.05, 0) is 32.1 Å². The molecule has 0 atom stereocenters. The number of aryl methyl sites for hydroxylation is 1. The second kappa shape index (κ2) is 5.89. The Labute approximate surface area is 114 Å². The Bertz CT molecular complexity index is 524. The van der Waals surface area contributed by atoms with Crippen molar-refractivity contribution in [1.29, 1.82) is 0 Å². The van der Waals surface area contributed by atoms with Crippen molar-refractivity contribution in [1.82, 2.24) is 14.7 Å². The maximum atomic E-state index is 6.05. The molecule has 0 saturated carbocycles. The fraction of sp³-hybridized carbons (Fsp3) is 0.400. The monoisotopic (exact) mass is 258 g/mol. The highest BCUT2D eigenvalue weighted by molar-refractivity contribution is 5.43. The van der Waals surface area contributed by atoms with Gasteiger partial charge in [-0.1, -0.05) is 31.5 Å². The molecule has 1 aromatic carbocycles. The summed E-state index contributed by atoms with van der Waals surface area (Å²) >= 11 is 0. The molecule has 0 aliphatic carbocycles. The molecular formula is C15H22N4. The summed E-state index contributed by atoms with van der Waals surface area (Å²) in [5.41, 5.74) is 9.31. The van der Waals surface area contributed by atoms with Crippen LogP contribution in [0.15, 0.2) is 30.3 Å². The van der Waals surface area contributed by atoms with Crippen molar-refractivity contribution in [3.63, 3.8) is 0 Å². The van der Waals surface area contributed by atoms with Crippen LogP contribution in [0.25, 0.3) is 5.69 Å². The second-order valence-electron chi connectivity index (χ2n) is 4.77. The molecule has 102 valence electrons. The minimum absolute atomic E-state index is 0.686. The minimum atomic E-state index is 0.686. The smallest absolute Gasteiger partial charge is 0.127 e. The highest BCUT2D eigenvalue weighted by Crippen LogP contribution is 2.16. The lowest BCUT2D eigenvalue weighted by atomic mass is 10.2. The second-order valence-corrected chi connectivity index (χ2v) is 4.77. The number of anilines is 1. The molecule has 19 heavy (non-hydrogen) atoms. The molecule has 0 spiro atoms. The van der Waals surface area contributed by atoms with Crippen molar-refractivity contribution in [2.75, 3.05) is 18.8 Å². The maximum absolute atomic E-state index is 6.05. The Morgan fingerprint density at radius 1 is 1.16 bits per heavy atom.